The number of sulfonamides is 1. The molecule has 0 aliphatic rings. The van der Waals surface area contributed by atoms with Crippen molar-refractivity contribution in [3.63, 3.8) is 0 Å². The average Bonchev–Trinajstić information content (AvgIpc) is 3.15. The van der Waals surface area contributed by atoms with Gasteiger partial charge in [0.15, 0.2) is 11.6 Å². The summed E-state index contributed by atoms with van der Waals surface area (Å²) in [7, 11) is -2.50. The zero-order valence-corrected chi connectivity index (χ0v) is 14.2. The van der Waals surface area contributed by atoms with E-state index in [0.717, 1.165) is 17.3 Å². The summed E-state index contributed by atoms with van der Waals surface area (Å²) in [6, 6.07) is 10.9. The monoisotopic (exact) mass is 361 g/mol. The number of ether oxygens (including phenoxy) is 1. The largest absolute Gasteiger partial charge is 0.494 e. The van der Waals surface area contributed by atoms with Crippen LogP contribution >= 0.6 is 0 Å². The van der Waals surface area contributed by atoms with Gasteiger partial charge in [-0.1, -0.05) is 12.1 Å². The molecule has 0 unspecified atom stereocenters. The van der Waals surface area contributed by atoms with Gasteiger partial charge in [0.1, 0.15) is 0 Å². The Hall–Kier alpha value is -2.71. The van der Waals surface area contributed by atoms with Crippen molar-refractivity contribution in [1.82, 2.24) is 14.3 Å². The van der Waals surface area contributed by atoms with Gasteiger partial charge in [0.05, 0.1) is 18.3 Å². The van der Waals surface area contributed by atoms with Crippen molar-refractivity contribution < 1.29 is 17.5 Å². The van der Waals surface area contributed by atoms with Gasteiger partial charge in [0.25, 0.3) is 0 Å². The number of benzene rings is 2. The third kappa shape index (κ3) is 3.86. The van der Waals surface area contributed by atoms with Crippen LogP contribution in [0.5, 0.6) is 5.75 Å². The quantitative estimate of drug-likeness (QED) is 0.732. The number of aromatic nitrogens is 2. The molecule has 3 aromatic rings. The van der Waals surface area contributed by atoms with E-state index in [-0.39, 0.29) is 17.2 Å². The molecule has 0 aliphatic heterocycles. The van der Waals surface area contributed by atoms with Gasteiger partial charge in [-0.3, -0.25) is 0 Å². The zero-order chi connectivity index (χ0) is 17.9. The lowest BCUT2D eigenvalue weighted by Gasteiger charge is -2.09. The van der Waals surface area contributed by atoms with Gasteiger partial charge in [-0.2, -0.15) is 0 Å². The first-order valence-corrected chi connectivity index (χ1v) is 8.88. The van der Waals surface area contributed by atoms with E-state index in [9.17, 15) is 12.8 Å². The van der Waals surface area contributed by atoms with Crippen molar-refractivity contribution in [3.05, 3.63) is 72.6 Å². The smallest absolute Gasteiger partial charge is 0.240 e. The summed E-state index contributed by atoms with van der Waals surface area (Å²) in [6.45, 7) is 0.0974. The standard InChI is InChI=1S/C17H16FN3O3S/c1-24-17-7-6-15(10-16(17)18)25(22,23)20-11-13-2-4-14(5-3-13)21-9-8-19-12-21/h2-10,12,20H,11H2,1H3. The van der Waals surface area contributed by atoms with Gasteiger partial charge in [-0.15, -0.1) is 0 Å². The van der Waals surface area contributed by atoms with Gasteiger partial charge in [0.2, 0.25) is 10.0 Å². The minimum Gasteiger partial charge on any atom is -0.494 e. The lowest BCUT2D eigenvalue weighted by Crippen LogP contribution is -2.23. The van der Waals surface area contributed by atoms with Crippen LogP contribution in [0.2, 0.25) is 0 Å². The molecule has 1 N–H and O–H groups in total. The van der Waals surface area contributed by atoms with Gasteiger partial charge >= 0.3 is 0 Å². The molecule has 0 radical (unpaired) electrons. The average molecular weight is 361 g/mol. The Morgan fingerprint density at radius 3 is 2.56 bits per heavy atom. The van der Waals surface area contributed by atoms with Crippen molar-refractivity contribution in [2.45, 2.75) is 11.4 Å². The topological polar surface area (TPSA) is 73.2 Å². The molecule has 0 fully saturated rings. The lowest BCUT2D eigenvalue weighted by atomic mass is 10.2. The van der Waals surface area contributed by atoms with E-state index in [1.807, 2.05) is 35.0 Å². The normalized spacial score (nSPS) is 11.4. The summed E-state index contributed by atoms with van der Waals surface area (Å²) >= 11 is 0. The number of hydrogen-bond donors (Lipinski definition) is 1. The highest BCUT2D eigenvalue weighted by molar-refractivity contribution is 7.89. The number of halogens is 1. The zero-order valence-electron chi connectivity index (χ0n) is 13.4. The first-order valence-electron chi connectivity index (χ1n) is 7.40. The fourth-order valence-corrected chi connectivity index (χ4v) is 3.30. The molecule has 0 spiro atoms. The molecule has 1 aromatic heterocycles. The second-order valence-electron chi connectivity index (χ2n) is 5.26. The predicted molar refractivity (Wildman–Crippen MR) is 90.5 cm³/mol. The summed E-state index contributed by atoms with van der Waals surface area (Å²) in [4.78, 5) is 3.82. The summed E-state index contributed by atoms with van der Waals surface area (Å²) in [6.07, 6.45) is 5.17. The lowest BCUT2D eigenvalue weighted by molar-refractivity contribution is 0.385. The first-order chi connectivity index (χ1) is 12.0. The van der Waals surface area contributed by atoms with E-state index in [0.29, 0.717) is 0 Å². The maximum Gasteiger partial charge on any atom is 0.240 e. The molecule has 2 aromatic carbocycles. The Morgan fingerprint density at radius 2 is 1.96 bits per heavy atom. The van der Waals surface area contributed by atoms with Gasteiger partial charge in [-0.25, -0.2) is 22.5 Å². The second kappa shape index (κ2) is 7.04. The molecular weight excluding hydrogens is 345 g/mol. The number of imidazole rings is 1. The van der Waals surface area contributed by atoms with Crippen molar-refractivity contribution in [2.24, 2.45) is 0 Å². The molecule has 0 atom stereocenters. The van der Waals surface area contributed by atoms with Crippen LogP contribution in [-0.2, 0) is 16.6 Å². The van der Waals surface area contributed by atoms with Gasteiger partial charge < -0.3 is 9.30 Å². The number of methoxy groups -OCH3 is 1. The van der Waals surface area contributed by atoms with Crippen molar-refractivity contribution in [3.8, 4) is 11.4 Å². The third-order valence-electron chi connectivity index (χ3n) is 3.64. The van der Waals surface area contributed by atoms with Crippen LogP contribution in [0, 0.1) is 5.82 Å². The molecule has 1 heterocycles. The SMILES string of the molecule is COc1ccc(S(=O)(=O)NCc2ccc(-n3ccnc3)cc2)cc1F. The minimum absolute atomic E-state index is 0.00552. The second-order valence-corrected chi connectivity index (χ2v) is 7.02. The van der Waals surface area contributed by atoms with Crippen molar-refractivity contribution in [2.75, 3.05) is 7.11 Å². The van der Waals surface area contributed by atoms with Crippen LogP contribution in [0.3, 0.4) is 0 Å². The number of hydrogen-bond acceptors (Lipinski definition) is 4. The van der Waals surface area contributed by atoms with Crippen LogP contribution in [0.25, 0.3) is 5.69 Å². The highest BCUT2D eigenvalue weighted by Gasteiger charge is 2.16. The van der Waals surface area contributed by atoms with Gasteiger partial charge in [-0.05, 0) is 35.9 Å². The molecule has 130 valence electrons. The summed E-state index contributed by atoms with van der Waals surface area (Å²) < 4.78 is 47.3. The number of nitrogens with zero attached hydrogens (tertiary/aromatic N) is 2. The van der Waals surface area contributed by atoms with Crippen molar-refractivity contribution >= 4 is 10.0 Å². The molecule has 0 aliphatic carbocycles. The van der Waals surface area contributed by atoms with Crippen LogP contribution in [0.4, 0.5) is 4.39 Å². The maximum absolute atomic E-state index is 13.7. The van der Waals surface area contributed by atoms with E-state index in [1.165, 1.54) is 19.2 Å². The molecule has 0 bridgehead atoms. The summed E-state index contributed by atoms with van der Waals surface area (Å²) in [5, 5.41) is 0. The fourth-order valence-electron chi connectivity index (χ4n) is 2.27. The summed E-state index contributed by atoms with van der Waals surface area (Å²) in [5.41, 5.74) is 1.70. The van der Waals surface area contributed by atoms with Crippen molar-refractivity contribution in [1.29, 1.82) is 0 Å². The fraction of sp³-hybridized carbons (Fsp3) is 0.118. The van der Waals surface area contributed by atoms with E-state index in [1.54, 1.807) is 12.5 Å². The third-order valence-corrected chi connectivity index (χ3v) is 5.04. The van der Waals surface area contributed by atoms with Crippen LogP contribution in [0.15, 0.2) is 66.1 Å². The van der Waals surface area contributed by atoms with Crippen LogP contribution < -0.4 is 9.46 Å². The first kappa shape index (κ1) is 17.1. The molecule has 8 heteroatoms. The molecule has 25 heavy (non-hydrogen) atoms. The molecule has 0 saturated heterocycles. The molecular formula is C17H16FN3O3S. The Labute approximate surface area is 145 Å². The predicted octanol–water partition coefficient (Wildman–Crippen LogP) is 2.50. The van der Waals surface area contributed by atoms with Crippen LogP contribution in [0.1, 0.15) is 5.56 Å². The Bertz CT molecular complexity index is 955. The van der Waals surface area contributed by atoms with Crippen LogP contribution in [-0.4, -0.2) is 25.1 Å². The van der Waals surface area contributed by atoms with E-state index < -0.39 is 15.8 Å². The summed E-state index contributed by atoms with van der Waals surface area (Å²) in [5.74, 6) is -0.732. The highest BCUT2D eigenvalue weighted by atomic mass is 32.2. The van der Waals surface area contributed by atoms with E-state index in [2.05, 4.69) is 9.71 Å². The van der Waals surface area contributed by atoms with Gasteiger partial charge in [0, 0.05) is 24.6 Å². The Morgan fingerprint density at radius 1 is 1.20 bits per heavy atom. The maximum atomic E-state index is 13.7. The van der Waals surface area contributed by atoms with E-state index in [4.69, 9.17) is 4.74 Å². The number of nitrogens with one attached hydrogen (secondary N) is 1. The molecule has 6 nitrogen and oxygen atoms in total. The Kier molecular flexibility index (Phi) is 4.82. The number of rotatable bonds is 6. The van der Waals surface area contributed by atoms with E-state index >= 15 is 0 Å². The highest BCUT2D eigenvalue weighted by Crippen LogP contribution is 2.20. The molecule has 3 rings (SSSR count). The minimum atomic E-state index is -3.82. The molecule has 0 amide bonds. The molecule has 0 saturated carbocycles. The Balaban J connectivity index is 1.71.